The maximum atomic E-state index is 3.27. The maximum absolute atomic E-state index is 3.27. The highest BCUT2D eigenvalue weighted by Gasteiger charge is 2.09. The van der Waals surface area contributed by atoms with Crippen molar-refractivity contribution in [3.63, 3.8) is 0 Å². The van der Waals surface area contributed by atoms with E-state index in [9.17, 15) is 0 Å². The molecule has 0 N–H and O–H groups in total. The van der Waals surface area contributed by atoms with Crippen LogP contribution in [-0.4, -0.2) is 18.5 Å². The molecule has 0 fully saturated rings. The van der Waals surface area contributed by atoms with Crippen molar-refractivity contribution in [2.45, 2.75) is 38.6 Å². The summed E-state index contributed by atoms with van der Waals surface area (Å²) in [6, 6.07) is 17.3. The third-order valence-electron chi connectivity index (χ3n) is 4.47. The molecule has 126 valence electrons. The number of aryl methyl sites for hydroxylation is 2. The van der Waals surface area contributed by atoms with Crippen LogP contribution in [0.15, 0.2) is 48.5 Å². The summed E-state index contributed by atoms with van der Waals surface area (Å²) in [5.74, 6) is 6.50. The van der Waals surface area contributed by atoms with Crippen molar-refractivity contribution < 1.29 is 0 Å². The lowest BCUT2D eigenvalue weighted by molar-refractivity contribution is 0.369. The van der Waals surface area contributed by atoms with E-state index in [-0.39, 0.29) is 12.4 Å². The SMILES string of the molecule is CN(CC#Cc1ccccc1)Cc1ccc2c(c1)CCCCC2.Cl. The molecule has 24 heavy (non-hydrogen) atoms. The third kappa shape index (κ3) is 5.41. The van der Waals surface area contributed by atoms with E-state index in [1.165, 1.54) is 37.7 Å². The normalized spacial score (nSPS) is 13.2. The zero-order chi connectivity index (χ0) is 15.9. The first-order valence-electron chi connectivity index (χ1n) is 8.64. The van der Waals surface area contributed by atoms with Crippen LogP contribution in [0.5, 0.6) is 0 Å². The summed E-state index contributed by atoms with van der Waals surface area (Å²) in [5.41, 5.74) is 5.64. The average Bonchev–Trinajstić information content (AvgIpc) is 2.81. The van der Waals surface area contributed by atoms with Gasteiger partial charge in [-0.1, -0.05) is 54.7 Å². The molecule has 2 aromatic rings. The minimum Gasteiger partial charge on any atom is -0.291 e. The summed E-state index contributed by atoms with van der Waals surface area (Å²) in [5, 5.41) is 0. The summed E-state index contributed by atoms with van der Waals surface area (Å²) >= 11 is 0. The lowest BCUT2D eigenvalue weighted by Gasteiger charge is -2.15. The molecule has 2 heteroatoms. The maximum Gasteiger partial charge on any atom is 0.0605 e. The highest BCUT2D eigenvalue weighted by Crippen LogP contribution is 2.22. The Balaban J connectivity index is 0.00000208. The van der Waals surface area contributed by atoms with Crippen LogP contribution in [0.4, 0.5) is 0 Å². The molecule has 0 amide bonds. The lowest BCUT2D eigenvalue weighted by atomic mass is 10.00. The molecule has 0 atom stereocenters. The molecule has 0 aromatic heterocycles. The van der Waals surface area contributed by atoms with Crippen molar-refractivity contribution in [3.05, 3.63) is 70.8 Å². The van der Waals surface area contributed by atoms with Gasteiger partial charge in [0.2, 0.25) is 0 Å². The van der Waals surface area contributed by atoms with Crippen molar-refractivity contribution in [2.24, 2.45) is 0 Å². The van der Waals surface area contributed by atoms with Gasteiger partial charge in [0.1, 0.15) is 0 Å². The van der Waals surface area contributed by atoms with Crippen LogP contribution in [0.1, 0.15) is 41.5 Å². The van der Waals surface area contributed by atoms with E-state index < -0.39 is 0 Å². The van der Waals surface area contributed by atoms with Gasteiger partial charge in [0, 0.05) is 12.1 Å². The molecule has 2 aromatic carbocycles. The van der Waals surface area contributed by atoms with Crippen molar-refractivity contribution in [1.29, 1.82) is 0 Å². The van der Waals surface area contributed by atoms with E-state index in [1.54, 1.807) is 11.1 Å². The summed E-state index contributed by atoms with van der Waals surface area (Å²) in [6.07, 6.45) is 6.57. The first-order chi connectivity index (χ1) is 11.3. The van der Waals surface area contributed by atoms with Crippen LogP contribution in [0.3, 0.4) is 0 Å². The van der Waals surface area contributed by atoms with E-state index >= 15 is 0 Å². The summed E-state index contributed by atoms with van der Waals surface area (Å²) in [4.78, 5) is 2.29. The van der Waals surface area contributed by atoms with Crippen LogP contribution >= 0.6 is 12.4 Å². The Morgan fingerprint density at radius 1 is 0.917 bits per heavy atom. The van der Waals surface area contributed by atoms with E-state index in [4.69, 9.17) is 0 Å². The zero-order valence-electron chi connectivity index (χ0n) is 14.4. The number of halogens is 1. The Hall–Kier alpha value is -1.75. The molecule has 1 aliphatic carbocycles. The lowest BCUT2D eigenvalue weighted by Crippen LogP contribution is -2.18. The Morgan fingerprint density at radius 3 is 2.46 bits per heavy atom. The van der Waals surface area contributed by atoms with Gasteiger partial charge in [0.05, 0.1) is 6.54 Å². The molecule has 1 nitrogen and oxygen atoms in total. The fourth-order valence-corrected chi connectivity index (χ4v) is 3.23. The fourth-order valence-electron chi connectivity index (χ4n) is 3.23. The molecular weight excluding hydrogens is 314 g/mol. The number of hydrogen-bond acceptors (Lipinski definition) is 1. The van der Waals surface area contributed by atoms with Crippen molar-refractivity contribution in [3.8, 4) is 11.8 Å². The fraction of sp³-hybridized carbons (Fsp3) is 0.364. The molecule has 0 saturated heterocycles. The van der Waals surface area contributed by atoms with Gasteiger partial charge in [-0.25, -0.2) is 0 Å². The summed E-state index contributed by atoms with van der Waals surface area (Å²) in [7, 11) is 2.14. The number of rotatable bonds is 3. The van der Waals surface area contributed by atoms with Crippen LogP contribution in [0.2, 0.25) is 0 Å². The molecule has 0 radical (unpaired) electrons. The predicted molar refractivity (Wildman–Crippen MR) is 105 cm³/mol. The summed E-state index contributed by atoms with van der Waals surface area (Å²) < 4.78 is 0. The highest BCUT2D eigenvalue weighted by molar-refractivity contribution is 5.85. The largest absolute Gasteiger partial charge is 0.291 e. The second-order valence-corrected chi connectivity index (χ2v) is 6.50. The predicted octanol–water partition coefficient (Wildman–Crippen LogP) is 4.86. The van der Waals surface area contributed by atoms with Crippen LogP contribution < -0.4 is 0 Å². The van der Waals surface area contributed by atoms with Gasteiger partial charge in [-0.2, -0.15) is 0 Å². The molecular formula is C22H26ClN. The Bertz CT molecular complexity index is 697. The molecule has 0 aliphatic heterocycles. The van der Waals surface area contributed by atoms with E-state index in [0.717, 1.165) is 18.7 Å². The first kappa shape index (κ1) is 18.6. The van der Waals surface area contributed by atoms with Gasteiger partial charge in [0.15, 0.2) is 0 Å². The minimum absolute atomic E-state index is 0. The quantitative estimate of drug-likeness (QED) is 0.570. The molecule has 0 saturated carbocycles. The first-order valence-corrected chi connectivity index (χ1v) is 8.64. The number of fused-ring (bicyclic) bond motifs is 1. The van der Waals surface area contributed by atoms with Crippen molar-refractivity contribution in [1.82, 2.24) is 4.90 Å². The van der Waals surface area contributed by atoms with Gasteiger partial charge in [-0.3, -0.25) is 4.90 Å². The van der Waals surface area contributed by atoms with Gasteiger partial charge in [-0.15, -0.1) is 12.4 Å². The topological polar surface area (TPSA) is 3.24 Å². The van der Waals surface area contributed by atoms with Gasteiger partial charge in [0.25, 0.3) is 0 Å². The zero-order valence-corrected chi connectivity index (χ0v) is 15.2. The average molecular weight is 340 g/mol. The van der Waals surface area contributed by atoms with Crippen molar-refractivity contribution in [2.75, 3.05) is 13.6 Å². The Kier molecular flexibility index (Phi) is 7.37. The molecule has 1 aliphatic rings. The molecule has 3 rings (SSSR count). The smallest absolute Gasteiger partial charge is 0.0605 e. The van der Waals surface area contributed by atoms with E-state index in [1.807, 2.05) is 18.2 Å². The second-order valence-electron chi connectivity index (χ2n) is 6.50. The Labute approximate surface area is 152 Å². The van der Waals surface area contributed by atoms with Gasteiger partial charge < -0.3 is 0 Å². The van der Waals surface area contributed by atoms with Crippen LogP contribution in [0, 0.1) is 11.8 Å². The number of hydrogen-bond donors (Lipinski definition) is 0. The minimum atomic E-state index is 0. The number of nitrogens with zero attached hydrogens (tertiary/aromatic N) is 1. The van der Waals surface area contributed by atoms with E-state index in [0.29, 0.717) is 0 Å². The van der Waals surface area contributed by atoms with Gasteiger partial charge in [-0.05, 0) is 61.6 Å². The Morgan fingerprint density at radius 2 is 1.67 bits per heavy atom. The third-order valence-corrected chi connectivity index (χ3v) is 4.47. The molecule has 0 spiro atoms. The van der Waals surface area contributed by atoms with Gasteiger partial charge >= 0.3 is 0 Å². The second kappa shape index (κ2) is 9.52. The molecule has 0 unspecified atom stereocenters. The van der Waals surface area contributed by atoms with Crippen LogP contribution in [0.25, 0.3) is 0 Å². The monoisotopic (exact) mass is 339 g/mol. The van der Waals surface area contributed by atoms with Crippen molar-refractivity contribution >= 4 is 12.4 Å². The van der Waals surface area contributed by atoms with E-state index in [2.05, 4.69) is 54.1 Å². The molecule has 0 heterocycles. The standard InChI is InChI=1S/C22H25N.ClH/c1-23(16-8-11-19-9-4-2-5-10-19)18-20-14-15-21-12-6-3-7-13-22(21)17-20;/h2,4-5,9-10,14-15,17H,3,6-7,12-13,16,18H2,1H3;1H. The summed E-state index contributed by atoms with van der Waals surface area (Å²) in [6.45, 7) is 1.77. The van der Waals surface area contributed by atoms with Crippen LogP contribution in [-0.2, 0) is 19.4 Å². The number of benzene rings is 2. The molecule has 0 bridgehead atoms. The highest BCUT2D eigenvalue weighted by atomic mass is 35.5.